The van der Waals surface area contributed by atoms with Crippen LogP contribution in [0, 0.1) is 6.92 Å². The van der Waals surface area contributed by atoms with Gasteiger partial charge in [0.1, 0.15) is 5.75 Å². The maximum Gasteiger partial charge on any atom is 0.122 e. The predicted octanol–water partition coefficient (Wildman–Crippen LogP) is 3.16. The first kappa shape index (κ1) is 10.6. The van der Waals surface area contributed by atoms with Gasteiger partial charge in [0.25, 0.3) is 0 Å². The van der Waals surface area contributed by atoms with E-state index in [0.29, 0.717) is 12.2 Å². The van der Waals surface area contributed by atoms with E-state index >= 15 is 0 Å². The summed E-state index contributed by atoms with van der Waals surface area (Å²) in [5, 5.41) is 9.75. The van der Waals surface area contributed by atoms with Gasteiger partial charge in [0.05, 0.1) is 0 Å². The van der Waals surface area contributed by atoms with Crippen LogP contribution < -0.4 is 0 Å². The maximum absolute atomic E-state index is 9.75. The van der Waals surface area contributed by atoms with Gasteiger partial charge in [-0.1, -0.05) is 24.3 Å². The molecule has 0 aliphatic carbocycles. The lowest BCUT2D eigenvalue weighted by Gasteiger charge is -2.08. The van der Waals surface area contributed by atoms with Crippen molar-refractivity contribution in [3.05, 3.63) is 54.1 Å². The van der Waals surface area contributed by atoms with E-state index in [1.165, 1.54) is 5.56 Å². The highest BCUT2D eigenvalue weighted by molar-refractivity contribution is 5.44. The monoisotopic (exact) mass is 188 g/mol. The van der Waals surface area contributed by atoms with E-state index < -0.39 is 0 Å². The van der Waals surface area contributed by atoms with E-state index in [0.717, 1.165) is 17.5 Å². The smallest absolute Gasteiger partial charge is 0.122 e. The van der Waals surface area contributed by atoms with Crippen molar-refractivity contribution in [2.24, 2.45) is 0 Å². The van der Waals surface area contributed by atoms with Gasteiger partial charge in [0.2, 0.25) is 0 Å². The molecule has 0 saturated carbocycles. The molecule has 1 N–H and O–H groups in total. The van der Waals surface area contributed by atoms with Crippen molar-refractivity contribution in [1.29, 1.82) is 0 Å². The molecule has 14 heavy (non-hydrogen) atoms. The summed E-state index contributed by atoms with van der Waals surface area (Å²) in [6.45, 7) is 9.28. The first-order valence-electron chi connectivity index (χ1n) is 4.72. The summed E-state index contributed by atoms with van der Waals surface area (Å²) >= 11 is 0. The zero-order valence-corrected chi connectivity index (χ0v) is 8.59. The van der Waals surface area contributed by atoms with Crippen molar-refractivity contribution in [3.63, 3.8) is 0 Å². The third-order valence-corrected chi connectivity index (χ3v) is 2.18. The van der Waals surface area contributed by atoms with Gasteiger partial charge >= 0.3 is 0 Å². The summed E-state index contributed by atoms with van der Waals surface area (Å²) in [5.74, 6) is 0.387. The van der Waals surface area contributed by atoms with E-state index in [4.69, 9.17) is 0 Å². The first-order valence-corrected chi connectivity index (χ1v) is 4.72. The normalized spacial score (nSPS) is 9.79. The Bertz CT molecular complexity index is 350. The quantitative estimate of drug-likeness (QED) is 0.719. The Morgan fingerprint density at radius 3 is 2.43 bits per heavy atom. The fourth-order valence-electron chi connectivity index (χ4n) is 1.53. The molecule has 0 heterocycles. The van der Waals surface area contributed by atoms with Gasteiger partial charge in [-0.15, -0.1) is 13.2 Å². The Labute approximate surface area is 85.4 Å². The molecule has 0 radical (unpaired) electrons. The number of phenols is 1. The SMILES string of the molecule is C=CCc1cc(C)c(O)c(CC=C)c1. The van der Waals surface area contributed by atoms with Crippen LogP contribution in [0.25, 0.3) is 0 Å². The molecule has 1 rings (SSSR count). The largest absolute Gasteiger partial charge is 0.507 e. The molecule has 0 spiro atoms. The average molecular weight is 188 g/mol. The molecule has 1 aromatic rings. The lowest BCUT2D eigenvalue weighted by atomic mass is 10.0. The molecule has 0 saturated heterocycles. The number of hydrogen-bond acceptors (Lipinski definition) is 1. The average Bonchev–Trinajstić information content (AvgIpc) is 2.14. The minimum Gasteiger partial charge on any atom is -0.507 e. The van der Waals surface area contributed by atoms with Gasteiger partial charge in [0.15, 0.2) is 0 Å². The van der Waals surface area contributed by atoms with Crippen LogP contribution in [-0.2, 0) is 12.8 Å². The Kier molecular flexibility index (Phi) is 3.52. The van der Waals surface area contributed by atoms with Gasteiger partial charge < -0.3 is 5.11 Å². The lowest BCUT2D eigenvalue weighted by Crippen LogP contribution is -1.90. The zero-order chi connectivity index (χ0) is 10.6. The second-order valence-corrected chi connectivity index (χ2v) is 3.41. The molecule has 0 aliphatic rings. The third kappa shape index (κ3) is 2.25. The maximum atomic E-state index is 9.75. The predicted molar refractivity (Wildman–Crippen MR) is 60.6 cm³/mol. The number of rotatable bonds is 4. The van der Waals surface area contributed by atoms with Gasteiger partial charge in [-0.3, -0.25) is 0 Å². The molecule has 0 aliphatic heterocycles. The Morgan fingerprint density at radius 2 is 1.86 bits per heavy atom. The van der Waals surface area contributed by atoms with Crippen LogP contribution in [-0.4, -0.2) is 5.11 Å². The number of benzene rings is 1. The summed E-state index contributed by atoms with van der Waals surface area (Å²) in [6, 6.07) is 4.00. The standard InChI is InChI=1S/C13H16O/c1-4-6-11-8-10(3)13(14)12(9-11)7-5-2/h4-5,8-9,14H,1-2,6-7H2,3H3. The van der Waals surface area contributed by atoms with Crippen LogP contribution in [0.15, 0.2) is 37.4 Å². The number of hydrogen-bond donors (Lipinski definition) is 1. The highest BCUT2D eigenvalue weighted by atomic mass is 16.3. The molecule has 74 valence electrons. The Hall–Kier alpha value is -1.50. The van der Waals surface area contributed by atoms with Crippen molar-refractivity contribution in [3.8, 4) is 5.75 Å². The molecule has 0 bridgehead atoms. The van der Waals surface area contributed by atoms with Crippen LogP contribution in [0.4, 0.5) is 0 Å². The van der Waals surface area contributed by atoms with Crippen molar-refractivity contribution in [2.75, 3.05) is 0 Å². The van der Waals surface area contributed by atoms with E-state index in [-0.39, 0.29) is 0 Å². The lowest BCUT2D eigenvalue weighted by molar-refractivity contribution is 0.465. The van der Waals surface area contributed by atoms with Crippen molar-refractivity contribution >= 4 is 0 Å². The number of aryl methyl sites for hydroxylation is 1. The zero-order valence-electron chi connectivity index (χ0n) is 8.59. The summed E-state index contributed by atoms with van der Waals surface area (Å²) in [5.41, 5.74) is 3.05. The summed E-state index contributed by atoms with van der Waals surface area (Å²) in [6.07, 6.45) is 5.21. The Morgan fingerprint density at radius 1 is 1.21 bits per heavy atom. The molecule has 0 aromatic heterocycles. The summed E-state index contributed by atoms with van der Waals surface area (Å²) < 4.78 is 0. The molecule has 0 amide bonds. The van der Waals surface area contributed by atoms with Gasteiger partial charge in [-0.05, 0) is 36.5 Å². The van der Waals surface area contributed by atoms with Crippen molar-refractivity contribution in [2.45, 2.75) is 19.8 Å². The molecule has 0 unspecified atom stereocenters. The second-order valence-electron chi connectivity index (χ2n) is 3.41. The van der Waals surface area contributed by atoms with E-state index in [1.807, 2.05) is 25.1 Å². The highest BCUT2D eigenvalue weighted by Crippen LogP contribution is 2.24. The first-order chi connectivity index (χ1) is 6.69. The molecule has 1 heteroatoms. The number of phenolic OH excluding ortho intramolecular Hbond substituents is 1. The Balaban J connectivity index is 3.12. The van der Waals surface area contributed by atoms with Crippen molar-refractivity contribution < 1.29 is 5.11 Å². The highest BCUT2D eigenvalue weighted by Gasteiger charge is 2.04. The number of allylic oxidation sites excluding steroid dienone is 2. The molecule has 1 nitrogen and oxygen atoms in total. The minimum atomic E-state index is 0.387. The van der Waals surface area contributed by atoms with Gasteiger partial charge in [0, 0.05) is 0 Å². The van der Waals surface area contributed by atoms with Crippen molar-refractivity contribution in [1.82, 2.24) is 0 Å². The van der Waals surface area contributed by atoms with Crippen LogP contribution >= 0.6 is 0 Å². The van der Waals surface area contributed by atoms with E-state index in [9.17, 15) is 5.11 Å². The van der Waals surface area contributed by atoms with E-state index in [1.54, 1.807) is 6.08 Å². The fraction of sp³-hybridized carbons (Fsp3) is 0.231. The fourth-order valence-corrected chi connectivity index (χ4v) is 1.53. The summed E-state index contributed by atoms with van der Waals surface area (Å²) in [4.78, 5) is 0. The van der Waals surface area contributed by atoms with Crippen LogP contribution in [0.2, 0.25) is 0 Å². The van der Waals surface area contributed by atoms with Gasteiger partial charge in [-0.2, -0.15) is 0 Å². The molecule has 0 fully saturated rings. The minimum absolute atomic E-state index is 0.387. The number of aromatic hydroxyl groups is 1. The topological polar surface area (TPSA) is 20.2 Å². The molecular weight excluding hydrogens is 172 g/mol. The molecule has 0 atom stereocenters. The van der Waals surface area contributed by atoms with Crippen LogP contribution in [0.1, 0.15) is 16.7 Å². The molecular formula is C13H16O. The molecule has 1 aromatic carbocycles. The second kappa shape index (κ2) is 4.66. The van der Waals surface area contributed by atoms with Crippen LogP contribution in [0.5, 0.6) is 5.75 Å². The van der Waals surface area contributed by atoms with E-state index in [2.05, 4.69) is 13.2 Å². The van der Waals surface area contributed by atoms with Crippen LogP contribution in [0.3, 0.4) is 0 Å². The third-order valence-electron chi connectivity index (χ3n) is 2.18. The van der Waals surface area contributed by atoms with Gasteiger partial charge in [-0.25, -0.2) is 0 Å². The summed E-state index contributed by atoms with van der Waals surface area (Å²) in [7, 11) is 0.